The molecule has 0 fully saturated rings. The highest BCUT2D eigenvalue weighted by Gasteiger charge is 2.38. The lowest BCUT2D eigenvalue weighted by molar-refractivity contribution is 0.0910. The number of hydrogen-bond donors (Lipinski definition) is 0. The second kappa shape index (κ2) is 8.91. The normalized spacial score (nSPS) is 15.1. The Morgan fingerprint density at radius 3 is 1.24 bits per heavy atom. The Kier molecular flexibility index (Phi) is 5.52. The van der Waals surface area contributed by atoms with E-state index in [1.54, 1.807) is 48.5 Å². The molecule has 0 bridgehead atoms. The smallest absolute Gasteiger partial charge is 0.365 e. The van der Waals surface area contributed by atoms with Crippen molar-refractivity contribution in [3.05, 3.63) is 125 Å². The van der Waals surface area contributed by atoms with Crippen LogP contribution in [0.4, 0.5) is 11.4 Å². The third-order valence-corrected chi connectivity index (χ3v) is 7.70. The molecule has 1 unspecified atom stereocenters. The minimum absolute atomic E-state index is 0.133. The van der Waals surface area contributed by atoms with Crippen LogP contribution in [0.3, 0.4) is 0 Å². The van der Waals surface area contributed by atoms with E-state index in [1.807, 2.05) is 0 Å². The first kappa shape index (κ1) is 23.5. The number of rotatable bonds is 4. The van der Waals surface area contributed by atoms with Crippen molar-refractivity contribution in [1.29, 1.82) is 0 Å². The van der Waals surface area contributed by atoms with E-state index in [4.69, 9.17) is 0 Å². The van der Waals surface area contributed by atoms with Crippen LogP contribution in [-0.4, -0.2) is 33.3 Å². The molecule has 0 radical (unpaired) electrons. The fourth-order valence-corrected chi connectivity index (χ4v) is 5.47. The zero-order valence-corrected chi connectivity index (χ0v) is 20.3. The van der Waals surface area contributed by atoms with Crippen molar-refractivity contribution in [2.75, 3.05) is 9.80 Å². The molecule has 8 nitrogen and oxygen atoms in total. The van der Waals surface area contributed by atoms with E-state index >= 15 is 0 Å². The van der Waals surface area contributed by atoms with Crippen LogP contribution in [-0.2, 0) is 11.2 Å². The Hall–Kier alpha value is -4.86. The van der Waals surface area contributed by atoms with Crippen LogP contribution in [0.15, 0.2) is 102 Å². The monoisotopic (exact) mass is 520 g/mol. The van der Waals surface area contributed by atoms with Gasteiger partial charge >= 0.3 is 5.12 Å². The Bertz CT molecular complexity index is 1610. The largest absolute Gasteiger partial charge is 0.604 e. The minimum atomic E-state index is -2.08. The second-order valence-electron chi connectivity index (χ2n) is 8.58. The molecule has 0 aliphatic carbocycles. The van der Waals surface area contributed by atoms with Crippen molar-refractivity contribution in [3.8, 4) is 0 Å². The van der Waals surface area contributed by atoms with Crippen molar-refractivity contribution >= 4 is 51.3 Å². The molecule has 4 aromatic rings. The van der Waals surface area contributed by atoms with Gasteiger partial charge in [0.2, 0.25) is 0 Å². The van der Waals surface area contributed by atoms with Gasteiger partial charge in [0.15, 0.2) is 4.90 Å². The van der Waals surface area contributed by atoms with Gasteiger partial charge in [0.25, 0.3) is 23.6 Å². The molecule has 0 spiro atoms. The molecule has 1 atom stereocenters. The SMILES string of the molecule is O=C1c2ccccc2C(=O)N1c1ccc(C(=O)[S+]([O-])c2ccc(N3C(=O)c4ccccc4C3=O)cc2)cc1. The Balaban J connectivity index is 1.19. The van der Waals surface area contributed by atoms with E-state index in [0.29, 0.717) is 33.6 Å². The Morgan fingerprint density at radius 1 is 0.526 bits per heavy atom. The zero-order valence-electron chi connectivity index (χ0n) is 19.5. The average molecular weight is 521 g/mol. The van der Waals surface area contributed by atoms with Crippen LogP contribution in [0.1, 0.15) is 51.8 Å². The number of carbonyl (C=O) groups excluding carboxylic acids is 5. The van der Waals surface area contributed by atoms with E-state index in [0.717, 1.165) is 9.80 Å². The summed E-state index contributed by atoms with van der Waals surface area (Å²) in [6.07, 6.45) is 0. The maximum atomic E-state index is 13.0. The van der Waals surface area contributed by atoms with Gasteiger partial charge in [-0.2, -0.15) is 0 Å². The van der Waals surface area contributed by atoms with Gasteiger partial charge in [0.1, 0.15) is 0 Å². The third kappa shape index (κ3) is 3.56. The summed E-state index contributed by atoms with van der Waals surface area (Å²) in [4.78, 5) is 65.9. The molecule has 2 aliphatic heterocycles. The standard InChI is InChI=1S/C29H16N2O6S/c32-25-21-5-1-2-6-22(21)26(33)30(25)18-11-9-17(10-12-18)29(36)38(37)20-15-13-19(14-16-20)31-27(34)23-7-3-4-8-24(23)28(31)35/h1-16H. The summed E-state index contributed by atoms with van der Waals surface area (Å²) >= 11 is -2.08. The molecule has 2 heterocycles. The maximum Gasteiger partial charge on any atom is 0.365 e. The molecule has 0 saturated heterocycles. The predicted molar refractivity (Wildman–Crippen MR) is 139 cm³/mol. The van der Waals surface area contributed by atoms with E-state index in [1.165, 1.54) is 48.5 Å². The first-order valence-corrected chi connectivity index (χ1v) is 12.6. The number of nitrogens with zero attached hydrogens (tertiary/aromatic N) is 2. The van der Waals surface area contributed by atoms with E-state index in [-0.39, 0.29) is 10.5 Å². The highest BCUT2D eigenvalue weighted by atomic mass is 32.2. The van der Waals surface area contributed by atoms with Gasteiger partial charge in [-0.25, -0.2) is 14.6 Å². The van der Waals surface area contributed by atoms with Gasteiger partial charge in [-0.1, -0.05) is 24.3 Å². The molecule has 184 valence electrons. The Labute approximate surface area is 219 Å². The lowest BCUT2D eigenvalue weighted by Crippen LogP contribution is -2.29. The molecule has 0 aromatic heterocycles. The van der Waals surface area contributed by atoms with Crippen LogP contribution in [0.25, 0.3) is 0 Å². The number of hydrogen-bond acceptors (Lipinski definition) is 6. The van der Waals surface area contributed by atoms with Crippen LogP contribution < -0.4 is 9.80 Å². The molecule has 9 heteroatoms. The van der Waals surface area contributed by atoms with Crippen molar-refractivity contribution in [2.24, 2.45) is 0 Å². The van der Waals surface area contributed by atoms with Crippen molar-refractivity contribution < 1.29 is 28.5 Å². The summed E-state index contributed by atoms with van der Waals surface area (Å²) in [5.74, 6) is -1.81. The first-order valence-electron chi connectivity index (χ1n) is 11.5. The lowest BCUT2D eigenvalue weighted by Gasteiger charge is -2.15. The van der Waals surface area contributed by atoms with Gasteiger partial charge in [-0.3, -0.25) is 19.2 Å². The summed E-state index contributed by atoms with van der Waals surface area (Å²) in [5.41, 5.74) is 1.97. The fraction of sp³-hybridized carbons (Fsp3) is 0. The quantitative estimate of drug-likeness (QED) is 0.294. The van der Waals surface area contributed by atoms with Gasteiger partial charge in [-0.05, 0) is 72.8 Å². The number of amides is 4. The van der Waals surface area contributed by atoms with E-state index < -0.39 is 39.9 Å². The zero-order chi connectivity index (χ0) is 26.6. The molecule has 4 aromatic carbocycles. The fourth-order valence-electron chi connectivity index (χ4n) is 4.53. The van der Waals surface area contributed by atoms with Gasteiger partial charge < -0.3 is 4.55 Å². The van der Waals surface area contributed by atoms with E-state index in [9.17, 15) is 28.5 Å². The molecular formula is C29H16N2O6S. The summed E-state index contributed by atoms with van der Waals surface area (Å²) in [6, 6.07) is 24.6. The number of anilines is 2. The van der Waals surface area contributed by atoms with Crippen molar-refractivity contribution in [2.45, 2.75) is 4.90 Å². The van der Waals surface area contributed by atoms with Crippen LogP contribution >= 0.6 is 0 Å². The second-order valence-corrected chi connectivity index (χ2v) is 9.96. The first-order chi connectivity index (χ1) is 18.4. The molecule has 38 heavy (non-hydrogen) atoms. The molecular weight excluding hydrogens is 504 g/mol. The van der Waals surface area contributed by atoms with Crippen LogP contribution in [0, 0.1) is 0 Å². The summed E-state index contributed by atoms with van der Waals surface area (Å²) in [6.45, 7) is 0. The highest BCUT2D eigenvalue weighted by Crippen LogP contribution is 2.31. The number of imide groups is 2. The van der Waals surface area contributed by atoms with E-state index in [2.05, 4.69) is 0 Å². The van der Waals surface area contributed by atoms with Crippen LogP contribution in [0.2, 0.25) is 0 Å². The molecule has 0 saturated carbocycles. The van der Waals surface area contributed by atoms with Gasteiger partial charge in [0, 0.05) is 0 Å². The molecule has 0 N–H and O–H groups in total. The lowest BCUT2D eigenvalue weighted by atomic mass is 10.1. The molecule has 2 aliphatic rings. The van der Waals surface area contributed by atoms with Crippen LogP contribution in [0.5, 0.6) is 0 Å². The third-order valence-electron chi connectivity index (χ3n) is 6.43. The average Bonchev–Trinajstić information content (AvgIpc) is 3.37. The van der Waals surface area contributed by atoms with Crippen molar-refractivity contribution in [3.63, 3.8) is 0 Å². The predicted octanol–water partition coefficient (Wildman–Crippen LogP) is 4.24. The van der Waals surface area contributed by atoms with Gasteiger partial charge in [0.05, 0.1) is 50.4 Å². The number of fused-ring (bicyclic) bond motifs is 2. The highest BCUT2D eigenvalue weighted by molar-refractivity contribution is 8.06. The summed E-state index contributed by atoms with van der Waals surface area (Å²) < 4.78 is 13.0. The molecule has 6 rings (SSSR count). The maximum absolute atomic E-state index is 13.0. The van der Waals surface area contributed by atoms with Crippen molar-refractivity contribution in [1.82, 2.24) is 0 Å². The number of carbonyl (C=O) groups is 5. The Morgan fingerprint density at radius 2 is 0.868 bits per heavy atom. The summed E-state index contributed by atoms with van der Waals surface area (Å²) in [5, 5.41) is -0.674. The summed E-state index contributed by atoms with van der Waals surface area (Å²) in [7, 11) is 0. The topological polar surface area (TPSA) is 115 Å². The minimum Gasteiger partial charge on any atom is -0.604 e. The van der Waals surface area contributed by atoms with Gasteiger partial charge in [-0.15, -0.1) is 0 Å². The number of benzene rings is 4. The molecule has 4 amide bonds.